The summed E-state index contributed by atoms with van der Waals surface area (Å²) in [7, 11) is 4.27. The van der Waals surface area contributed by atoms with Crippen molar-refractivity contribution >= 4 is 5.97 Å². The number of likely N-dealkylation sites (N-methyl/N-ethyl adjacent to an activating group) is 1. The Balaban J connectivity index is 0.00000208. The molecule has 1 saturated heterocycles. The van der Waals surface area contributed by atoms with Crippen LogP contribution in [0.3, 0.4) is 0 Å². The third-order valence-corrected chi connectivity index (χ3v) is 5.15. The van der Waals surface area contributed by atoms with Crippen LogP contribution in [0.15, 0.2) is 42.5 Å². The number of esters is 1. The van der Waals surface area contributed by atoms with E-state index in [4.69, 9.17) is 4.74 Å². The van der Waals surface area contributed by atoms with Gasteiger partial charge in [-0.1, -0.05) is 42.5 Å². The number of ether oxygens (including phenoxy) is 1. The first kappa shape index (κ1) is 19.2. The molecule has 5 heteroatoms. The summed E-state index contributed by atoms with van der Waals surface area (Å²) in [6, 6.07) is 9.22. The van der Waals surface area contributed by atoms with Gasteiger partial charge in [0, 0.05) is 12.3 Å². The van der Waals surface area contributed by atoms with Gasteiger partial charge in [-0.15, -0.1) is 0 Å². The van der Waals surface area contributed by atoms with Gasteiger partial charge in [0.1, 0.15) is 6.54 Å². The molecule has 4 nitrogen and oxygen atoms in total. The van der Waals surface area contributed by atoms with E-state index in [2.05, 4.69) is 14.1 Å². The number of likely N-dealkylation sites (tertiary alicyclic amines) is 1. The smallest absolute Gasteiger partial charge is 0.343 e. The van der Waals surface area contributed by atoms with E-state index in [1.807, 2.05) is 42.5 Å². The first-order chi connectivity index (χ1) is 10.9. The molecular weight excluding hydrogens is 370 g/mol. The van der Waals surface area contributed by atoms with Crippen LogP contribution in [0.25, 0.3) is 0 Å². The number of nitrogens with zero attached hydrogens (tertiary/aromatic N) is 1. The van der Waals surface area contributed by atoms with E-state index in [1.54, 1.807) is 0 Å². The Labute approximate surface area is 154 Å². The molecule has 0 spiro atoms. The molecule has 1 aromatic rings. The van der Waals surface area contributed by atoms with Gasteiger partial charge in [0.25, 0.3) is 0 Å². The molecule has 132 valence electrons. The van der Waals surface area contributed by atoms with Gasteiger partial charge in [-0.3, -0.25) is 0 Å². The fourth-order valence-corrected chi connectivity index (χ4v) is 3.74. The van der Waals surface area contributed by atoms with Crippen molar-refractivity contribution in [2.45, 2.75) is 31.0 Å². The van der Waals surface area contributed by atoms with E-state index in [0.717, 1.165) is 24.0 Å². The zero-order valence-corrected chi connectivity index (χ0v) is 15.9. The number of aliphatic hydroxyl groups is 1. The lowest BCUT2D eigenvalue weighted by Crippen LogP contribution is -3.00. The maximum absolute atomic E-state index is 12.9. The number of halogens is 1. The van der Waals surface area contributed by atoms with Crippen molar-refractivity contribution in [1.29, 1.82) is 0 Å². The summed E-state index contributed by atoms with van der Waals surface area (Å²) >= 11 is 0. The molecule has 1 aliphatic carbocycles. The second kappa shape index (κ2) is 7.38. The monoisotopic (exact) mass is 395 g/mol. The highest BCUT2D eigenvalue weighted by Gasteiger charge is 2.48. The van der Waals surface area contributed by atoms with E-state index >= 15 is 0 Å². The van der Waals surface area contributed by atoms with Crippen molar-refractivity contribution in [3.63, 3.8) is 0 Å². The SMILES string of the molecule is C[N+]1(C)CCC(OC(=O)C(O)(c2ccccc2)C2CC=CC2)C1.[Br-]. The van der Waals surface area contributed by atoms with Gasteiger partial charge in [-0.05, 0) is 18.4 Å². The highest BCUT2D eigenvalue weighted by Crippen LogP contribution is 2.39. The molecule has 1 aliphatic heterocycles. The summed E-state index contributed by atoms with van der Waals surface area (Å²) in [6.07, 6.45) is 6.21. The van der Waals surface area contributed by atoms with Gasteiger partial charge in [-0.25, -0.2) is 4.79 Å². The minimum absolute atomic E-state index is 0. The van der Waals surface area contributed by atoms with E-state index in [-0.39, 0.29) is 29.0 Å². The number of carbonyl (C=O) groups excluding carboxylic acids is 1. The zero-order chi connectivity index (χ0) is 16.5. The lowest BCUT2D eigenvalue weighted by Gasteiger charge is -2.33. The summed E-state index contributed by atoms with van der Waals surface area (Å²) in [4.78, 5) is 12.9. The van der Waals surface area contributed by atoms with Crippen molar-refractivity contribution in [1.82, 2.24) is 0 Å². The molecule has 0 aromatic heterocycles. The average molecular weight is 396 g/mol. The third-order valence-electron chi connectivity index (χ3n) is 5.15. The fourth-order valence-electron chi connectivity index (χ4n) is 3.74. The Morgan fingerprint density at radius 3 is 2.38 bits per heavy atom. The summed E-state index contributed by atoms with van der Waals surface area (Å²) in [5.41, 5.74) is -0.935. The first-order valence-corrected chi connectivity index (χ1v) is 8.38. The van der Waals surface area contributed by atoms with Crippen molar-refractivity contribution < 1.29 is 36.1 Å². The van der Waals surface area contributed by atoms with Gasteiger partial charge >= 0.3 is 5.97 Å². The van der Waals surface area contributed by atoms with E-state index < -0.39 is 11.6 Å². The molecule has 1 aromatic carbocycles. The van der Waals surface area contributed by atoms with E-state index in [9.17, 15) is 9.90 Å². The Hall–Kier alpha value is -1.17. The standard InChI is InChI=1S/C19H26NO3.BrH/c1-20(2)13-12-17(14-20)23-18(21)19(22,16-10-6-7-11-16)15-8-4-3-5-9-15;/h3-9,16-17,22H,10-14H2,1-2H3;1H/q+1;/p-1. The van der Waals surface area contributed by atoms with Crippen molar-refractivity contribution in [3.05, 3.63) is 48.0 Å². The number of carbonyl (C=O) groups is 1. The van der Waals surface area contributed by atoms with Crippen LogP contribution in [-0.4, -0.2) is 48.8 Å². The van der Waals surface area contributed by atoms with Crippen molar-refractivity contribution in [2.24, 2.45) is 5.92 Å². The van der Waals surface area contributed by atoms with Crippen molar-refractivity contribution in [2.75, 3.05) is 27.2 Å². The Bertz CT molecular complexity index is 594. The van der Waals surface area contributed by atoms with Gasteiger partial charge in [-0.2, -0.15) is 0 Å². The number of allylic oxidation sites excluding steroid dienone is 2. The normalized spacial score (nSPS) is 25.0. The molecule has 3 rings (SSSR count). The number of benzene rings is 1. The highest BCUT2D eigenvalue weighted by molar-refractivity contribution is 5.82. The Morgan fingerprint density at radius 2 is 1.83 bits per heavy atom. The molecule has 2 unspecified atom stereocenters. The second-order valence-electron chi connectivity index (χ2n) is 7.43. The third kappa shape index (κ3) is 3.73. The van der Waals surface area contributed by atoms with Crippen LogP contribution < -0.4 is 17.0 Å². The zero-order valence-electron chi connectivity index (χ0n) is 14.3. The minimum Gasteiger partial charge on any atom is -1.00 e. The summed E-state index contributed by atoms with van der Waals surface area (Å²) in [5, 5.41) is 11.3. The molecule has 2 atom stereocenters. The van der Waals surface area contributed by atoms with Crippen LogP contribution in [0, 0.1) is 5.92 Å². The molecule has 24 heavy (non-hydrogen) atoms. The lowest BCUT2D eigenvalue weighted by atomic mass is 9.79. The summed E-state index contributed by atoms with van der Waals surface area (Å²) in [6.45, 7) is 1.80. The van der Waals surface area contributed by atoms with Crippen LogP contribution in [0.2, 0.25) is 0 Å². The minimum atomic E-state index is -1.56. The van der Waals surface area contributed by atoms with Gasteiger partial charge in [0.05, 0.1) is 20.6 Å². The first-order valence-electron chi connectivity index (χ1n) is 8.38. The molecular formula is C19H26BrNO3. The molecule has 1 heterocycles. The van der Waals surface area contributed by atoms with Gasteiger partial charge in [0.15, 0.2) is 11.7 Å². The van der Waals surface area contributed by atoms with E-state index in [0.29, 0.717) is 18.4 Å². The molecule has 0 radical (unpaired) electrons. The molecule has 0 amide bonds. The lowest BCUT2D eigenvalue weighted by molar-refractivity contribution is -0.879. The van der Waals surface area contributed by atoms with Crippen LogP contribution in [0.4, 0.5) is 0 Å². The Kier molecular flexibility index (Phi) is 5.89. The van der Waals surface area contributed by atoms with Crippen LogP contribution in [-0.2, 0) is 15.1 Å². The summed E-state index contributed by atoms with van der Waals surface area (Å²) in [5.74, 6) is -0.648. The molecule has 1 N–H and O–H groups in total. The van der Waals surface area contributed by atoms with Crippen molar-refractivity contribution in [3.8, 4) is 0 Å². The predicted octanol–water partition coefficient (Wildman–Crippen LogP) is -0.764. The second-order valence-corrected chi connectivity index (χ2v) is 7.43. The molecule has 1 fully saturated rings. The van der Waals surface area contributed by atoms with E-state index in [1.165, 1.54) is 0 Å². The maximum Gasteiger partial charge on any atom is 0.343 e. The topological polar surface area (TPSA) is 46.5 Å². The molecule has 0 saturated carbocycles. The van der Waals surface area contributed by atoms with Gasteiger partial charge in [0.2, 0.25) is 0 Å². The quantitative estimate of drug-likeness (QED) is 0.414. The van der Waals surface area contributed by atoms with Crippen LogP contribution >= 0.6 is 0 Å². The number of hydrogen-bond donors (Lipinski definition) is 1. The van der Waals surface area contributed by atoms with Crippen LogP contribution in [0.5, 0.6) is 0 Å². The van der Waals surface area contributed by atoms with Crippen LogP contribution in [0.1, 0.15) is 24.8 Å². The number of quaternary nitrogens is 1. The largest absolute Gasteiger partial charge is 1.00 e. The predicted molar refractivity (Wildman–Crippen MR) is 88.5 cm³/mol. The molecule has 0 bridgehead atoms. The van der Waals surface area contributed by atoms with Gasteiger partial charge < -0.3 is 31.3 Å². The maximum atomic E-state index is 12.9. The molecule has 2 aliphatic rings. The fraction of sp³-hybridized carbons (Fsp3) is 0.526. The number of hydrogen-bond acceptors (Lipinski definition) is 3. The summed E-state index contributed by atoms with van der Waals surface area (Å²) < 4.78 is 6.60. The number of rotatable bonds is 4. The average Bonchev–Trinajstić information content (AvgIpc) is 3.17. The Morgan fingerprint density at radius 1 is 1.21 bits per heavy atom. The highest BCUT2D eigenvalue weighted by atomic mass is 79.9.